The monoisotopic (exact) mass is 328 g/mol. The van der Waals surface area contributed by atoms with Gasteiger partial charge in [0.1, 0.15) is 11.8 Å². The first-order chi connectivity index (χ1) is 9.20. The molecule has 1 amide bonds. The first-order valence-corrected chi connectivity index (χ1v) is 6.91. The number of hydrogen-bond acceptors (Lipinski definition) is 4. The molecule has 19 heavy (non-hydrogen) atoms. The molecule has 1 heterocycles. The summed E-state index contributed by atoms with van der Waals surface area (Å²) in [5.74, 6) is 0.740. The van der Waals surface area contributed by atoms with E-state index in [4.69, 9.17) is 9.47 Å². The number of carbonyl (C=O) groups is 1. The topological polar surface area (TPSA) is 59.6 Å². The standard InChI is InChI=1S/C13H17BrN2O3/c1-18-12-3-2-9(6-10(12)14)7-16-13(17)11-8-19-5-4-15-11/h2-3,6,11,15H,4-5,7-8H2,1H3,(H,16,17). The third-order valence-corrected chi connectivity index (χ3v) is 3.54. The normalized spacial score (nSPS) is 18.9. The van der Waals surface area contributed by atoms with Gasteiger partial charge in [-0.1, -0.05) is 6.07 Å². The van der Waals surface area contributed by atoms with E-state index in [9.17, 15) is 4.79 Å². The van der Waals surface area contributed by atoms with Crippen LogP contribution in [0.3, 0.4) is 0 Å². The van der Waals surface area contributed by atoms with Crippen LogP contribution in [0.1, 0.15) is 5.56 Å². The largest absolute Gasteiger partial charge is 0.496 e. The summed E-state index contributed by atoms with van der Waals surface area (Å²) in [6.07, 6.45) is 0. The number of carbonyl (C=O) groups excluding carboxylic acids is 1. The Morgan fingerprint density at radius 1 is 1.63 bits per heavy atom. The molecule has 1 atom stereocenters. The summed E-state index contributed by atoms with van der Waals surface area (Å²) < 4.78 is 11.3. The third-order valence-electron chi connectivity index (χ3n) is 2.92. The van der Waals surface area contributed by atoms with Gasteiger partial charge in [0, 0.05) is 13.1 Å². The molecule has 0 spiro atoms. The second kappa shape index (κ2) is 6.88. The van der Waals surface area contributed by atoms with E-state index in [1.54, 1.807) is 7.11 Å². The van der Waals surface area contributed by atoms with Gasteiger partial charge < -0.3 is 20.1 Å². The van der Waals surface area contributed by atoms with E-state index in [1.165, 1.54) is 0 Å². The molecule has 0 aromatic heterocycles. The molecule has 5 nitrogen and oxygen atoms in total. The summed E-state index contributed by atoms with van der Waals surface area (Å²) in [5, 5.41) is 6.01. The number of rotatable bonds is 4. The van der Waals surface area contributed by atoms with Gasteiger partial charge in [-0.25, -0.2) is 0 Å². The van der Waals surface area contributed by atoms with Crippen LogP contribution in [-0.2, 0) is 16.1 Å². The zero-order valence-electron chi connectivity index (χ0n) is 10.7. The lowest BCUT2D eigenvalue weighted by Crippen LogP contribution is -2.51. The van der Waals surface area contributed by atoms with Crippen molar-refractivity contribution in [1.29, 1.82) is 0 Å². The summed E-state index contributed by atoms with van der Waals surface area (Å²) >= 11 is 3.42. The summed E-state index contributed by atoms with van der Waals surface area (Å²) in [4.78, 5) is 11.9. The van der Waals surface area contributed by atoms with Crippen LogP contribution in [0.15, 0.2) is 22.7 Å². The second-order valence-electron chi connectivity index (χ2n) is 4.27. The van der Waals surface area contributed by atoms with Crippen molar-refractivity contribution in [2.75, 3.05) is 26.9 Å². The lowest BCUT2D eigenvalue weighted by atomic mass is 10.2. The number of benzene rings is 1. The average Bonchev–Trinajstić information content (AvgIpc) is 2.46. The van der Waals surface area contributed by atoms with E-state index in [0.29, 0.717) is 26.3 Å². The molecule has 1 aliphatic heterocycles. The Labute approximate surface area is 120 Å². The van der Waals surface area contributed by atoms with Crippen molar-refractivity contribution in [1.82, 2.24) is 10.6 Å². The van der Waals surface area contributed by atoms with Crippen LogP contribution >= 0.6 is 15.9 Å². The number of nitrogens with one attached hydrogen (secondary N) is 2. The minimum atomic E-state index is -0.254. The molecule has 104 valence electrons. The molecule has 1 aromatic rings. The van der Waals surface area contributed by atoms with E-state index in [1.807, 2.05) is 18.2 Å². The Hall–Kier alpha value is -1.11. The fourth-order valence-corrected chi connectivity index (χ4v) is 2.45. The van der Waals surface area contributed by atoms with E-state index in [-0.39, 0.29) is 11.9 Å². The van der Waals surface area contributed by atoms with Crippen LogP contribution in [0.5, 0.6) is 5.75 Å². The number of hydrogen-bond donors (Lipinski definition) is 2. The smallest absolute Gasteiger partial charge is 0.239 e. The van der Waals surface area contributed by atoms with Gasteiger partial charge in [0.2, 0.25) is 5.91 Å². The lowest BCUT2D eigenvalue weighted by molar-refractivity contribution is -0.126. The van der Waals surface area contributed by atoms with Crippen LogP contribution in [0.2, 0.25) is 0 Å². The van der Waals surface area contributed by atoms with Gasteiger partial charge in [0.25, 0.3) is 0 Å². The Morgan fingerprint density at radius 2 is 2.47 bits per heavy atom. The highest BCUT2D eigenvalue weighted by Gasteiger charge is 2.20. The highest BCUT2D eigenvalue weighted by molar-refractivity contribution is 9.10. The summed E-state index contributed by atoms with van der Waals surface area (Å²) in [7, 11) is 1.62. The Morgan fingerprint density at radius 3 is 3.11 bits per heavy atom. The fraction of sp³-hybridized carbons (Fsp3) is 0.462. The van der Waals surface area contributed by atoms with Gasteiger partial charge in [-0.2, -0.15) is 0 Å². The molecule has 6 heteroatoms. The minimum absolute atomic E-state index is 0.0355. The van der Waals surface area contributed by atoms with Crippen molar-refractivity contribution >= 4 is 21.8 Å². The van der Waals surface area contributed by atoms with Crippen LogP contribution in [0, 0.1) is 0 Å². The van der Waals surface area contributed by atoms with Crippen molar-refractivity contribution < 1.29 is 14.3 Å². The first kappa shape index (κ1) is 14.3. The molecule has 1 saturated heterocycles. The van der Waals surface area contributed by atoms with Crippen LogP contribution in [-0.4, -0.2) is 38.8 Å². The van der Waals surface area contributed by atoms with Gasteiger partial charge in [-0.05, 0) is 33.6 Å². The number of ether oxygens (including phenoxy) is 2. The molecule has 1 fully saturated rings. The van der Waals surface area contributed by atoms with E-state index in [0.717, 1.165) is 15.8 Å². The maximum absolute atomic E-state index is 11.9. The van der Waals surface area contributed by atoms with E-state index >= 15 is 0 Å². The van der Waals surface area contributed by atoms with E-state index in [2.05, 4.69) is 26.6 Å². The van der Waals surface area contributed by atoms with Crippen molar-refractivity contribution in [3.63, 3.8) is 0 Å². The number of halogens is 1. The zero-order chi connectivity index (χ0) is 13.7. The molecule has 2 N–H and O–H groups in total. The predicted molar refractivity (Wildman–Crippen MR) is 75.2 cm³/mol. The van der Waals surface area contributed by atoms with Gasteiger partial charge in [-0.15, -0.1) is 0 Å². The van der Waals surface area contributed by atoms with Crippen LogP contribution in [0.4, 0.5) is 0 Å². The van der Waals surface area contributed by atoms with Crippen molar-refractivity contribution in [3.05, 3.63) is 28.2 Å². The fourth-order valence-electron chi connectivity index (χ4n) is 1.87. The molecule has 0 aliphatic carbocycles. The average molecular weight is 329 g/mol. The van der Waals surface area contributed by atoms with Gasteiger partial charge in [0.15, 0.2) is 0 Å². The maximum Gasteiger partial charge on any atom is 0.239 e. The summed E-state index contributed by atoms with van der Waals surface area (Å²) in [6.45, 7) is 2.29. The highest BCUT2D eigenvalue weighted by atomic mass is 79.9. The van der Waals surface area contributed by atoms with Crippen molar-refractivity contribution in [2.45, 2.75) is 12.6 Å². The molecule has 0 saturated carbocycles. The molecular formula is C13H17BrN2O3. The molecule has 0 bridgehead atoms. The molecule has 2 rings (SSSR count). The quantitative estimate of drug-likeness (QED) is 0.867. The minimum Gasteiger partial charge on any atom is -0.496 e. The molecule has 1 unspecified atom stereocenters. The Kier molecular flexibility index (Phi) is 5.18. The third kappa shape index (κ3) is 3.92. The van der Waals surface area contributed by atoms with Crippen LogP contribution < -0.4 is 15.4 Å². The number of amides is 1. The number of morpholine rings is 1. The van der Waals surface area contributed by atoms with Gasteiger partial charge in [0.05, 0.1) is 24.8 Å². The van der Waals surface area contributed by atoms with Crippen molar-refractivity contribution in [3.8, 4) is 5.75 Å². The zero-order valence-corrected chi connectivity index (χ0v) is 12.3. The Bertz CT molecular complexity index is 448. The summed E-state index contributed by atoms with van der Waals surface area (Å²) in [5.41, 5.74) is 1.01. The molecular weight excluding hydrogens is 312 g/mol. The lowest BCUT2D eigenvalue weighted by Gasteiger charge is -2.22. The summed E-state index contributed by atoms with van der Waals surface area (Å²) in [6, 6.07) is 5.47. The predicted octanol–water partition coefficient (Wildman–Crippen LogP) is 1.06. The first-order valence-electron chi connectivity index (χ1n) is 6.12. The van der Waals surface area contributed by atoms with E-state index < -0.39 is 0 Å². The van der Waals surface area contributed by atoms with Crippen molar-refractivity contribution in [2.24, 2.45) is 0 Å². The molecule has 0 radical (unpaired) electrons. The maximum atomic E-state index is 11.9. The van der Waals surface area contributed by atoms with Crippen LogP contribution in [0.25, 0.3) is 0 Å². The Balaban J connectivity index is 1.87. The van der Waals surface area contributed by atoms with Gasteiger partial charge >= 0.3 is 0 Å². The molecule has 1 aliphatic rings. The van der Waals surface area contributed by atoms with Gasteiger partial charge in [-0.3, -0.25) is 4.79 Å². The second-order valence-corrected chi connectivity index (χ2v) is 5.12. The molecule has 1 aromatic carbocycles. The number of methoxy groups -OCH3 is 1. The highest BCUT2D eigenvalue weighted by Crippen LogP contribution is 2.25. The SMILES string of the molecule is COc1ccc(CNC(=O)C2COCCN2)cc1Br.